The van der Waals surface area contributed by atoms with Gasteiger partial charge in [0, 0.05) is 25.2 Å². The van der Waals surface area contributed by atoms with Gasteiger partial charge >= 0.3 is 0 Å². The summed E-state index contributed by atoms with van der Waals surface area (Å²) in [6, 6.07) is 5.33. The first-order valence-electron chi connectivity index (χ1n) is 7.20. The molecular weight excluding hydrogens is 306 g/mol. The van der Waals surface area contributed by atoms with E-state index in [1.807, 2.05) is 11.8 Å². The summed E-state index contributed by atoms with van der Waals surface area (Å²) in [6.07, 6.45) is 3.43. The Hall–Kier alpha value is -1.79. The lowest BCUT2D eigenvalue weighted by Gasteiger charge is -2.33. The van der Waals surface area contributed by atoms with Gasteiger partial charge in [0.05, 0.1) is 6.26 Å². The maximum Gasteiger partial charge on any atom is 0.276 e. The highest BCUT2D eigenvalue weighted by atomic mass is 35.5. The molecule has 0 aromatic carbocycles. The zero-order chi connectivity index (χ0) is 14.8. The number of halogens is 1. The van der Waals surface area contributed by atoms with Crippen LogP contribution in [0.3, 0.4) is 0 Å². The lowest BCUT2D eigenvalue weighted by molar-refractivity contribution is 0.0670. The first kappa shape index (κ1) is 16.6. The second kappa shape index (κ2) is 6.98. The van der Waals surface area contributed by atoms with Crippen LogP contribution in [0.25, 0.3) is 11.5 Å². The van der Waals surface area contributed by atoms with Crippen molar-refractivity contribution >= 4 is 18.3 Å². The summed E-state index contributed by atoms with van der Waals surface area (Å²) in [4.78, 5) is 14.2. The van der Waals surface area contributed by atoms with Crippen molar-refractivity contribution in [2.75, 3.05) is 13.1 Å². The minimum atomic E-state index is -0.0975. The van der Waals surface area contributed by atoms with Gasteiger partial charge in [-0.2, -0.15) is 0 Å². The van der Waals surface area contributed by atoms with Crippen molar-refractivity contribution < 1.29 is 13.7 Å². The smallest absolute Gasteiger partial charge is 0.276 e. The second-order valence-electron chi connectivity index (χ2n) is 5.54. The molecule has 1 fully saturated rings. The molecule has 22 heavy (non-hydrogen) atoms. The standard InChI is InChI=1S/C15H19N3O3.ClH/c1-10(16)11-4-6-18(7-5-11)15(19)12-9-14(21-17-12)13-3-2-8-20-13;/h2-3,8-11H,4-7,16H2,1H3;1H. The predicted molar refractivity (Wildman–Crippen MR) is 83.7 cm³/mol. The number of carbonyl (C=O) groups excluding carboxylic acids is 1. The zero-order valence-corrected chi connectivity index (χ0v) is 13.2. The first-order valence-corrected chi connectivity index (χ1v) is 7.20. The Labute approximate surface area is 135 Å². The van der Waals surface area contributed by atoms with E-state index >= 15 is 0 Å². The molecule has 3 heterocycles. The lowest BCUT2D eigenvalue weighted by Crippen LogP contribution is -2.42. The van der Waals surface area contributed by atoms with Gasteiger partial charge < -0.3 is 19.6 Å². The van der Waals surface area contributed by atoms with Crippen molar-refractivity contribution in [3.8, 4) is 11.5 Å². The fourth-order valence-electron chi connectivity index (χ4n) is 2.70. The van der Waals surface area contributed by atoms with Crippen molar-refractivity contribution in [2.24, 2.45) is 11.7 Å². The number of hydrogen-bond acceptors (Lipinski definition) is 5. The maximum absolute atomic E-state index is 12.4. The van der Waals surface area contributed by atoms with Crippen molar-refractivity contribution in [3.05, 3.63) is 30.2 Å². The topological polar surface area (TPSA) is 85.5 Å². The average Bonchev–Trinajstić information content (AvgIpc) is 3.17. The molecule has 0 radical (unpaired) electrons. The highest BCUT2D eigenvalue weighted by Crippen LogP contribution is 2.24. The van der Waals surface area contributed by atoms with Crippen molar-refractivity contribution in [1.82, 2.24) is 10.1 Å². The molecule has 1 amide bonds. The fourth-order valence-corrected chi connectivity index (χ4v) is 2.70. The number of nitrogens with two attached hydrogens (primary N) is 1. The van der Waals surface area contributed by atoms with Crippen LogP contribution >= 0.6 is 12.4 Å². The Morgan fingerprint density at radius 1 is 1.41 bits per heavy atom. The summed E-state index contributed by atoms with van der Waals surface area (Å²) in [5.74, 6) is 1.43. The van der Waals surface area contributed by atoms with E-state index in [0.29, 0.717) is 36.2 Å². The third-order valence-electron chi connectivity index (χ3n) is 4.06. The van der Waals surface area contributed by atoms with Crippen LogP contribution in [0.15, 0.2) is 33.4 Å². The van der Waals surface area contributed by atoms with E-state index in [4.69, 9.17) is 14.7 Å². The largest absolute Gasteiger partial charge is 0.461 e. The molecule has 2 aromatic rings. The number of piperidine rings is 1. The highest BCUT2D eigenvalue weighted by Gasteiger charge is 2.27. The van der Waals surface area contributed by atoms with Crippen LogP contribution in [0.4, 0.5) is 0 Å². The molecule has 1 saturated heterocycles. The Bertz CT molecular complexity index is 601. The second-order valence-corrected chi connectivity index (χ2v) is 5.54. The quantitative estimate of drug-likeness (QED) is 0.937. The molecule has 7 heteroatoms. The molecule has 0 spiro atoms. The van der Waals surface area contributed by atoms with Crippen LogP contribution in [0.1, 0.15) is 30.3 Å². The molecule has 1 aliphatic rings. The van der Waals surface area contributed by atoms with Crippen LogP contribution in [0.5, 0.6) is 0 Å². The summed E-state index contributed by atoms with van der Waals surface area (Å²) in [5.41, 5.74) is 6.24. The van der Waals surface area contributed by atoms with E-state index in [2.05, 4.69) is 5.16 Å². The Morgan fingerprint density at radius 3 is 2.73 bits per heavy atom. The maximum atomic E-state index is 12.4. The van der Waals surface area contributed by atoms with Crippen molar-refractivity contribution in [1.29, 1.82) is 0 Å². The summed E-state index contributed by atoms with van der Waals surface area (Å²) in [6.45, 7) is 3.46. The number of aromatic nitrogens is 1. The number of furan rings is 1. The third kappa shape index (κ3) is 3.34. The molecule has 120 valence electrons. The van der Waals surface area contributed by atoms with E-state index in [1.54, 1.807) is 24.5 Å². The van der Waals surface area contributed by atoms with Gasteiger partial charge in [0.1, 0.15) is 0 Å². The average molecular weight is 326 g/mol. The molecule has 3 rings (SSSR count). The summed E-state index contributed by atoms with van der Waals surface area (Å²) in [7, 11) is 0. The van der Waals surface area contributed by atoms with E-state index in [-0.39, 0.29) is 24.4 Å². The number of likely N-dealkylation sites (tertiary alicyclic amines) is 1. The monoisotopic (exact) mass is 325 g/mol. The van der Waals surface area contributed by atoms with Crippen molar-refractivity contribution in [3.63, 3.8) is 0 Å². The molecule has 0 saturated carbocycles. The SMILES string of the molecule is CC(N)C1CCN(C(=O)c2cc(-c3ccco3)on2)CC1.Cl. The number of amides is 1. The molecule has 6 nitrogen and oxygen atoms in total. The molecule has 1 unspecified atom stereocenters. The number of carbonyl (C=O) groups is 1. The van der Waals surface area contributed by atoms with Gasteiger partial charge in [-0.05, 0) is 37.8 Å². The Kier molecular flexibility index (Phi) is 5.26. The molecule has 0 bridgehead atoms. The van der Waals surface area contributed by atoms with E-state index in [1.165, 1.54) is 0 Å². The molecule has 2 aromatic heterocycles. The van der Waals surface area contributed by atoms with Gasteiger partial charge in [-0.1, -0.05) is 5.16 Å². The third-order valence-corrected chi connectivity index (χ3v) is 4.06. The minimum absolute atomic E-state index is 0. The number of hydrogen-bond donors (Lipinski definition) is 1. The molecule has 2 N–H and O–H groups in total. The number of rotatable bonds is 3. The lowest BCUT2D eigenvalue weighted by atomic mass is 9.91. The summed E-state index contributed by atoms with van der Waals surface area (Å²) in [5, 5.41) is 3.85. The molecular formula is C15H20ClN3O3. The van der Waals surface area contributed by atoms with E-state index in [9.17, 15) is 4.79 Å². The highest BCUT2D eigenvalue weighted by molar-refractivity contribution is 5.93. The van der Waals surface area contributed by atoms with Gasteiger partial charge in [0.15, 0.2) is 11.5 Å². The Morgan fingerprint density at radius 2 is 2.14 bits per heavy atom. The first-order chi connectivity index (χ1) is 10.1. The van der Waals surface area contributed by atoms with Crippen LogP contribution < -0.4 is 5.73 Å². The fraction of sp³-hybridized carbons (Fsp3) is 0.467. The van der Waals surface area contributed by atoms with Gasteiger partial charge in [0.2, 0.25) is 5.76 Å². The number of nitrogens with zero attached hydrogens (tertiary/aromatic N) is 2. The zero-order valence-electron chi connectivity index (χ0n) is 12.4. The summed E-state index contributed by atoms with van der Waals surface area (Å²) >= 11 is 0. The summed E-state index contributed by atoms with van der Waals surface area (Å²) < 4.78 is 10.4. The Balaban J connectivity index is 0.00000176. The van der Waals surface area contributed by atoms with Gasteiger partial charge in [-0.3, -0.25) is 4.79 Å². The van der Waals surface area contributed by atoms with Crippen LogP contribution in [0, 0.1) is 5.92 Å². The van der Waals surface area contributed by atoms with Crippen LogP contribution in [-0.2, 0) is 0 Å². The molecule has 1 aliphatic heterocycles. The molecule has 0 aliphatic carbocycles. The van der Waals surface area contributed by atoms with E-state index in [0.717, 1.165) is 12.8 Å². The predicted octanol–water partition coefficient (Wildman–Crippen LogP) is 2.56. The normalized spacial score (nSPS) is 17.1. The molecule has 1 atom stereocenters. The van der Waals surface area contributed by atoms with Gasteiger partial charge in [0.25, 0.3) is 5.91 Å². The minimum Gasteiger partial charge on any atom is -0.461 e. The van der Waals surface area contributed by atoms with Crippen molar-refractivity contribution in [2.45, 2.75) is 25.8 Å². The van der Waals surface area contributed by atoms with Gasteiger partial charge in [-0.25, -0.2) is 0 Å². The van der Waals surface area contributed by atoms with Crippen LogP contribution in [0.2, 0.25) is 0 Å². The van der Waals surface area contributed by atoms with Crippen LogP contribution in [-0.4, -0.2) is 35.1 Å². The van der Waals surface area contributed by atoms with Gasteiger partial charge in [-0.15, -0.1) is 12.4 Å². The van der Waals surface area contributed by atoms with E-state index < -0.39 is 0 Å².